The molecule has 2 rings (SSSR count). The smallest absolute Gasteiger partial charge is 0.118 e. The van der Waals surface area contributed by atoms with Gasteiger partial charge in [-0.1, -0.05) is 26.0 Å². The van der Waals surface area contributed by atoms with Gasteiger partial charge in [0.05, 0.1) is 13.2 Å². The lowest BCUT2D eigenvalue weighted by atomic mass is 9.93. The van der Waals surface area contributed by atoms with Crippen molar-refractivity contribution < 1.29 is 9.84 Å². The molecule has 100 valence electrons. The standard InChI is InChI=1S/C15H23NO2/c1-10(2)14(16-12-6-7-12)15(17)11-4-8-13(18-3)9-5-11/h4-5,8-10,12,14-17H,6-7H2,1-3H3. The van der Waals surface area contributed by atoms with Crippen LogP contribution in [-0.4, -0.2) is 24.3 Å². The molecule has 2 atom stereocenters. The molecule has 0 radical (unpaired) electrons. The second-order valence-electron chi connectivity index (χ2n) is 5.43. The molecule has 0 saturated heterocycles. The molecule has 18 heavy (non-hydrogen) atoms. The number of hydrogen-bond donors (Lipinski definition) is 2. The zero-order valence-electron chi connectivity index (χ0n) is 11.4. The molecule has 0 spiro atoms. The highest BCUT2D eigenvalue weighted by Crippen LogP contribution is 2.28. The second kappa shape index (κ2) is 5.72. The summed E-state index contributed by atoms with van der Waals surface area (Å²) in [6.45, 7) is 4.29. The quantitative estimate of drug-likeness (QED) is 0.814. The third kappa shape index (κ3) is 3.24. The molecule has 1 aromatic rings. The van der Waals surface area contributed by atoms with Crippen LogP contribution >= 0.6 is 0 Å². The number of aliphatic hydroxyl groups is 1. The Morgan fingerprint density at radius 1 is 1.22 bits per heavy atom. The normalized spacial score (nSPS) is 18.7. The molecule has 0 heterocycles. The maximum atomic E-state index is 10.5. The average molecular weight is 249 g/mol. The van der Waals surface area contributed by atoms with Crippen molar-refractivity contribution in [2.45, 2.75) is 44.9 Å². The van der Waals surface area contributed by atoms with Gasteiger partial charge in [0.15, 0.2) is 0 Å². The van der Waals surface area contributed by atoms with E-state index >= 15 is 0 Å². The maximum absolute atomic E-state index is 10.5. The third-order valence-corrected chi connectivity index (χ3v) is 3.52. The van der Waals surface area contributed by atoms with Crippen LogP contribution in [-0.2, 0) is 0 Å². The molecule has 1 saturated carbocycles. The van der Waals surface area contributed by atoms with Crippen molar-refractivity contribution in [2.75, 3.05) is 7.11 Å². The molecule has 3 heteroatoms. The Kier molecular flexibility index (Phi) is 4.25. The second-order valence-corrected chi connectivity index (χ2v) is 5.43. The molecule has 1 aliphatic carbocycles. The van der Waals surface area contributed by atoms with Gasteiger partial charge in [0.1, 0.15) is 5.75 Å². The molecule has 2 unspecified atom stereocenters. The molecule has 0 bridgehead atoms. The number of nitrogens with one attached hydrogen (secondary N) is 1. The minimum Gasteiger partial charge on any atom is -0.497 e. The number of rotatable bonds is 6. The first-order chi connectivity index (χ1) is 8.61. The van der Waals surface area contributed by atoms with Gasteiger partial charge >= 0.3 is 0 Å². The monoisotopic (exact) mass is 249 g/mol. The minimum atomic E-state index is -0.462. The Morgan fingerprint density at radius 2 is 1.83 bits per heavy atom. The maximum Gasteiger partial charge on any atom is 0.118 e. The summed E-state index contributed by atoms with van der Waals surface area (Å²) < 4.78 is 5.13. The van der Waals surface area contributed by atoms with Crippen molar-refractivity contribution in [2.24, 2.45) is 5.92 Å². The molecule has 3 nitrogen and oxygen atoms in total. The van der Waals surface area contributed by atoms with Gasteiger partial charge in [-0.2, -0.15) is 0 Å². The van der Waals surface area contributed by atoms with E-state index < -0.39 is 6.10 Å². The van der Waals surface area contributed by atoms with E-state index in [4.69, 9.17) is 4.74 Å². The first-order valence-electron chi connectivity index (χ1n) is 6.70. The Labute approximate surface area is 109 Å². The Bertz CT molecular complexity index is 371. The summed E-state index contributed by atoms with van der Waals surface area (Å²) >= 11 is 0. The molecule has 2 N–H and O–H groups in total. The van der Waals surface area contributed by atoms with Crippen LogP contribution in [0.4, 0.5) is 0 Å². The minimum absolute atomic E-state index is 0.117. The Morgan fingerprint density at radius 3 is 2.28 bits per heavy atom. The summed E-state index contributed by atoms with van der Waals surface area (Å²) in [5, 5.41) is 14.0. The van der Waals surface area contributed by atoms with Crippen molar-refractivity contribution in [3.05, 3.63) is 29.8 Å². The van der Waals surface area contributed by atoms with Crippen molar-refractivity contribution in [1.29, 1.82) is 0 Å². The highest BCUT2D eigenvalue weighted by Gasteiger charge is 2.30. The van der Waals surface area contributed by atoms with E-state index in [0.717, 1.165) is 11.3 Å². The van der Waals surface area contributed by atoms with Crippen LogP contribution < -0.4 is 10.1 Å². The fraction of sp³-hybridized carbons (Fsp3) is 0.600. The highest BCUT2D eigenvalue weighted by atomic mass is 16.5. The van der Waals surface area contributed by atoms with E-state index in [1.165, 1.54) is 12.8 Å². The van der Waals surface area contributed by atoms with Crippen LogP contribution in [0.15, 0.2) is 24.3 Å². The van der Waals surface area contributed by atoms with Crippen molar-refractivity contribution in [3.63, 3.8) is 0 Å². The number of ether oxygens (including phenoxy) is 1. The van der Waals surface area contributed by atoms with Crippen molar-refractivity contribution >= 4 is 0 Å². The van der Waals surface area contributed by atoms with Crippen LogP contribution in [0.1, 0.15) is 38.4 Å². The first-order valence-corrected chi connectivity index (χ1v) is 6.70. The zero-order valence-corrected chi connectivity index (χ0v) is 11.4. The number of methoxy groups -OCH3 is 1. The summed E-state index contributed by atoms with van der Waals surface area (Å²) in [6.07, 6.45) is 2.01. The summed E-state index contributed by atoms with van der Waals surface area (Å²) in [7, 11) is 1.65. The zero-order chi connectivity index (χ0) is 13.1. The number of hydrogen-bond acceptors (Lipinski definition) is 3. The van der Waals surface area contributed by atoms with Gasteiger partial charge in [-0.05, 0) is 36.5 Å². The number of benzene rings is 1. The summed E-state index contributed by atoms with van der Waals surface area (Å²) in [5.74, 6) is 1.23. The van der Waals surface area contributed by atoms with Gasteiger partial charge in [0.2, 0.25) is 0 Å². The van der Waals surface area contributed by atoms with E-state index in [9.17, 15) is 5.11 Å². The summed E-state index contributed by atoms with van der Waals surface area (Å²) in [4.78, 5) is 0. The van der Waals surface area contributed by atoms with E-state index in [2.05, 4.69) is 19.2 Å². The van der Waals surface area contributed by atoms with Gasteiger partial charge in [-0.25, -0.2) is 0 Å². The Hall–Kier alpha value is -1.06. The summed E-state index contributed by atoms with van der Waals surface area (Å²) in [5.41, 5.74) is 0.947. The average Bonchev–Trinajstić information content (AvgIpc) is 3.19. The fourth-order valence-corrected chi connectivity index (χ4v) is 2.18. The fourth-order valence-electron chi connectivity index (χ4n) is 2.18. The lowest BCUT2D eigenvalue weighted by Gasteiger charge is -2.28. The van der Waals surface area contributed by atoms with Crippen molar-refractivity contribution in [3.8, 4) is 5.75 Å². The Balaban J connectivity index is 2.07. The van der Waals surface area contributed by atoms with E-state index in [1.54, 1.807) is 7.11 Å². The van der Waals surface area contributed by atoms with Crippen LogP contribution in [0, 0.1) is 5.92 Å². The molecule has 0 aromatic heterocycles. The largest absolute Gasteiger partial charge is 0.497 e. The lowest BCUT2D eigenvalue weighted by Crippen LogP contribution is -2.40. The van der Waals surface area contributed by atoms with Crippen LogP contribution in [0.3, 0.4) is 0 Å². The van der Waals surface area contributed by atoms with Gasteiger partial charge in [-0.15, -0.1) is 0 Å². The highest BCUT2D eigenvalue weighted by molar-refractivity contribution is 5.29. The molecule has 0 aliphatic heterocycles. The molecular weight excluding hydrogens is 226 g/mol. The first kappa shape index (κ1) is 13.4. The topological polar surface area (TPSA) is 41.5 Å². The lowest BCUT2D eigenvalue weighted by molar-refractivity contribution is 0.104. The molecule has 1 fully saturated rings. The van der Waals surface area contributed by atoms with Crippen LogP contribution in [0.25, 0.3) is 0 Å². The molecule has 0 amide bonds. The van der Waals surface area contributed by atoms with Gasteiger partial charge in [0.25, 0.3) is 0 Å². The van der Waals surface area contributed by atoms with E-state index in [0.29, 0.717) is 12.0 Å². The molecule has 1 aromatic carbocycles. The predicted molar refractivity (Wildman–Crippen MR) is 72.7 cm³/mol. The van der Waals surface area contributed by atoms with E-state index in [1.807, 2.05) is 24.3 Å². The van der Waals surface area contributed by atoms with E-state index in [-0.39, 0.29) is 6.04 Å². The van der Waals surface area contributed by atoms with Crippen molar-refractivity contribution in [1.82, 2.24) is 5.32 Å². The van der Waals surface area contributed by atoms with Gasteiger partial charge < -0.3 is 15.2 Å². The third-order valence-electron chi connectivity index (χ3n) is 3.52. The molecule has 1 aliphatic rings. The molecular formula is C15H23NO2. The SMILES string of the molecule is COc1ccc(C(O)C(NC2CC2)C(C)C)cc1. The van der Waals surface area contributed by atoms with Gasteiger partial charge in [0, 0.05) is 12.1 Å². The summed E-state index contributed by atoms with van der Waals surface area (Å²) in [6, 6.07) is 8.39. The predicted octanol–water partition coefficient (Wildman–Crippen LogP) is 2.51. The number of aliphatic hydroxyl groups excluding tert-OH is 1. The van der Waals surface area contributed by atoms with Crippen LogP contribution in [0.5, 0.6) is 5.75 Å². The van der Waals surface area contributed by atoms with Gasteiger partial charge in [-0.3, -0.25) is 0 Å². The van der Waals surface area contributed by atoms with Crippen LogP contribution in [0.2, 0.25) is 0 Å².